The van der Waals surface area contributed by atoms with E-state index in [4.69, 9.17) is 18.9 Å². The van der Waals surface area contributed by atoms with Gasteiger partial charge in [0.25, 0.3) is 0 Å². The molecule has 0 spiro atoms. The monoisotopic (exact) mass is 478 g/mol. The molecule has 4 nitrogen and oxygen atoms in total. The molecule has 2 heterocycles. The molecule has 2 unspecified atom stereocenters. The molecule has 0 N–H and O–H groups in total. The lowest BCUT2D eigenvalue weighted by Gasteiger charge is -2.32. The normalized spacial score (nSPS) is 19.8. The first-order chi connectivity index (χ1) is 17.7. The van der Waals surface area contributed by atoms with Crippen LogP contribution in [0.5, 0.6) is 11.5 Å². The molecule has 0 bridgehead atoms. The van der Waals surface area contributed by atoms with Gasteiger partial charge in [0.1, 0.15) is 36.9 Å². The fourth-order valence-corrected chi connectivity index (χ4v) is 4.60. The van der Waals surface area contributed by atoms with Gasteiger partial charge in [0.2, 0.25) is 0 Å². The third-order valence-corrected chi connectivity index (χ3v) is 7.11. The summed E-state index contributed by atoms with van der Waals surface area (Å²) in [7, 11) is 0. The Labute approximate surface area is 212 Å². The molecule has 6 rings (SSSR count). The van der Waals surface area contributed by atoms with Crippen molar-refractivity contribution in [1.29, 1.82) is 0 Å². The molecule has 4 aromatic rings. The third kappa shape index (κ3) is 5.01. The van der Waals surface area contributed by atoms with Crippen LogP contribution in [0.3, 0.4) is 0 Å². The summed E-state index contributed by atoms with van der Waals surface area (Å²) in [5, 5.41) is 0. The van der Waals surface area contributed by atoms with E-state index in [0.29, 0.717) is 13.2 Å². The van der Waals surface area contributed by atoms with Gasteiger partial charge < -0.3 is 18.9 Å². The Bertz CT molecular complexity index is 1210. The second-order valence-corrected chi connectivity index (χ2v) is 9.65. The molecule has 4 heteroatoms. The molecule has 0 aromatic heterocycles. The third-order valence-electron chi connectivity index (χ3n) is 7.11. The number of rotatable bonds is 10. The minimum atomic E-state index is -0.356. The number of benzene rings is 4. The van der Waals surface area contributed by atoms with Crippen molar-refractivity contribution in [2.45, 2.75) is 24.5 Å². The smallest absolute Gasteiger partial charge is 0.119 e. The van der Waals surface area contributed by atoms with Crippen molar-refractivity contribution in [3.63, 3.8) is 0 Å². The van der Waals surface area contributed by atoms with Gasteiger partial charge >= 0.3 is 0 Å². The Morgan fingerprint density at radius 2 is 0.972 bits per heavy atom. The van der Waals surface area contributed by atoms with Crippen LogP contribution in [-0.2, 0) is 14.9 Å². The summed E-state index contributed by atoms with van der Waals surface area (Å²) >= 11 is 0. The molecule has 0 amide bonds. The zero-order valence-corrected chi connectivity index (χ0v) is 20.4. The lowest BCUT2D eigenvalue weighted by molar-refractivity contribution is 0.263. The molecule has 2 atom stereocenters. The molecule has 2 aliphatic rings. The summed E-state index contributed by atoms with van der Waals surface area (Å²) in [6.45, 7) is 5.08. The first-order valence-corrected chi connectivity index (χ1v) is 12.5. The minimum absolute atomic E-state index is 0.241. The lowest BCUT2D eigenvalue weighted by Crippen LogP contribution is -2.25. The first kappa shape index (κ1) is 22.8. The lowest BCUT2D eigenvalue weighted by atomic mass is 9.71. The summed E-state index contributed by atoms with van der Waals surface area (Å²) in [6.07, 6.45) is 0.482. The van der Waals surface area contributed by atoms with Gasteiger partial charge in [-0.2, -0.15) is 0 Å². The molecule has 0 aliphatic carbocycles. The average Bonchev–Trinajstić information content (AvgIpc) is 3.87. The van der Waals surface area contributed by atoms with Crippen LogP contribution in [0.4, 0.5) is 0 Å². The van der Waals surface area contributed by atoms with Crippen LogP contribution in [-0.4, -0.2) is 38.6 Å². The second-order valence-electron chi connectivity index (χ2n) is 9.65. The standard InChI is InChI=1S/C32H30O4/c1-32(26-11-15-28(16-12-26)33-19-30-21-35-30,27-13-17-29(18-14-27)34-20-31-22-36-31)25-9-7-24(8-10-25)23-5-3-2-4-6-23/h2-18,30-31H,19-22H2,1H3. The maximum Gasteiger partial charge on any atom is 0.119 e. The highest BCUT2D eigenvalue weighted by Crippen LogP contribution is 2.40. The van der Waals surface area contributed by atoms with Gasteiger partial charge in [-0.05, 0) is 59.0 Å². The van der Waals surface area contributed by atoms with Gasteiger partial charge in [0.05, 0.1) is 13.2 Å². The highest BCUT2D eigenvalue weighted by Gasteiger charge is 2.32. The maximum absolute atomic E-state index is 5.89. The zero-order chi connectivity index (χ0) is 24.4. The van der Waals surface area contributed by atoms with Crippen LogP contribution < -0.4 is 9.47 Å². The Balaban J connectivity index is 1.32. The molecule has 36 heavy (non-hydrogen) atoms. The van der Waals surface area contributed by atoms with Crippen LogP contribution in [0.15, 0.2) is 103 Å². The molecular weight excluding hydrogens is 448 g/mol. The van der Waals surface area contributed by atoms with Gasteiger partial charge in [-0.1, -0.05) is 78.9 Å². The van der Waals surface area contributed by atoms with E-state index in [0.717, 1.165) is 24.7 Å². The van der Waals surface area contributed by atoms with E-state index in [1.165, 1.54) is 27.8 Å². The number of ether oxygens (including phenoxy) is 4. The second kappa shape index (κ2) is 9.81. The van der Waals surface area contributed by atoms with Crippen LogP contribution >= 0.6 is 0 Å². The van der Waals surface area contributed by atoms with E-state index in [1.54, 1.807) is 0 Å². The predicted molar refractivity (Wildman–Crippen MR) is 141 cm³/mol. The van der Waals surface area contributed by atoms with Crippen molar-refractivity contribution in [1.82, 2.24) is 0 Å². The summed E-state index contributed by atoms with van der Waals surface area (Å²) in [5.41, 5.74) is 5.69. The molecule has 2 saturated heterocycles. The van der Waals surface area contributed by atoms with Crippen LogP contribution in [0, 0.1) is 0 Å². The van der Waals surface area contributed by atoms with E-state index in [9.17, 15) is 0 Å². The summed E-state index contributed by atoms with van der Waals surface area (Å²) in [5.74, 6) is 1.73. The molecular formula is C32H30O4. The molecule has 182 valence electrons. The summed E-state index contributed by atoms with van der Waals surface area (Å²) in [4.78, 5) is 0. The van der Waals surface area contributed by atoms with Crippen LogP contribution in [0.1, 0.15) is 23.6 Å². The van der Waals surface area contributed by atoms with Crippen LogP contribution in [0.2, 0.25) is 0 Å². The van der Waals surface area contributed by atoms with Gasteiger partial charge in [-0.3, -0.25) is 0 Å². The molecule has 0 radical (unpaired) electrons. The zero-order valence-electron chi connectivity index (χ0n) is 20.4. The van der Waals surface area contributed by atoms with E-state index in [1.807, 2.05) is 6.07 Å². The van der Waals surface area contributed by atoms with E-state index in [-0.39, 0.29) is 17.6 Å². The number of hydrogen-bond donors (Lipinski definition) is 0. The largest absolute Gasteiger partial charge is 0.491 e. The molecule has 4 aromatic carbocycles. The first-order valence-electron chi connectivity index (χ1n) is 12.5. The van der Waals surface area contributed by atoms with Crippen molar-refractivity contribution in [3.05, 3.63) is 120 Å². The van der Waals surface area contributed by atoms with Gasteiger partial charge in [-0.15, -0.1) is 0 Å². The van der Waals surface area contributed by atoms with E-state index >= 15 is 0 Å². The Morgan fingerprint density at radius 1 is 0.583 bits per heavy atom. The molecule has 2 fully saturated rings. The topological polar surface area (TPSA) is 43.5 Å². The Kier molecular flexibility index (Phi) is 6.22. The van der Waals surface area contributed by atoms with E-state index in [2.05, 4.69) is 104 Å². The fraction of sp³-hybridized carbons (Fsp3) is 0.250. The summed E-state index contributed by atoms with van der Waals surface area (Å²) in [6, 6.07) is 36.3. The van der Waals surface area contributed by atoms with Gasteiger partial charge in [0.15, 0.2) is 0 Å². The highest BCUT2D eigenvalue weighted by atomic mass is 16.6. The van der Waals surface area contributed by atoms with Crippen molar-refractivity contribution in [2.75, 3.05) is 26.4 Å². The highest BCUT2D eigenvalue weighted by molar-refractivity contribution is 5.64. The Morgan fingerprint density at radius 3 is 1.39 bits per heavy atom. The SMILES string of the molecule is CC(c1ccc(OCC2CO2)cc1)(c1ccc(OCC2CO2)cc1)c1ccc(-c2ccccc2)cc1. The van der Waals surface area contributed by atoms with Crippen molar-refractivity contribution in [3.8, 4) is 22.6 Å². The summed E-state index contributed by atoms with van der Waals surface area (Å²) < 4.78 is 22.3. The van der Waals surface area contributed by atoms with E-state index < -0.39 is 0 Å². The fourth-order valence-electron chi connectivity index (χ4n) is 4.60. The maximum atomic E-state index is 5.89. The minimum Gasteiger partial charge on any atom is -0.491 e. The van der Waals surface area contributed by atoms with Gasteiger partial charge in [0, 0.05) is 5.41 Å². The number of epoxide rings is 2. The number of hydrogen-bond acceptors (Lipinski definition) is 4. The Hall–Kier alpha value is -3.60. The quantitative estimate of drug-likeness (QED) is 0.199. The molecule has 0 saturated carbocycles. The van der Waals surface area contributed by atoms with Crippen LogP contribution in [0.25, 0.3) is 11.1 Å². The van der Waals surface area contributed by atoms with Crippen molar-refractivity contribution >= 4 is 0 Å². The molecule has 2 aliphatic heterocycles. The van der Waals surface area contributed by atoms with Gasteiger partial charge in [-0.25, -0.2) is 0 Å². The van der Waals surface area contributed by atoms with Crippen molar-refractivity contribution in [2.24, 2.45) is 0 Å². The predicted octanol–water partition coefficient (Wildman–Crippen LogP) is 6.26. The average molecular weight is 479 g/mol. The van der Waals surface area contributed by atoms with Crippen molar-refractivity contribution < 1.29 is 18.9 Å².